The fourth-order valence-electron chi connectivity index (χ4n) is 4.90. The van der Waals surface area contributed by atoms with Crippen molar-refractivity contribution in [1.29, 1.82) is 0 Å². The van der Waals surface area contributed by atoms with Gasteiger partial charge in [0.05, 0.1) is 43.0 Å². The Morgan fingerprint density at radius 2 is 2.12 bits per heavy atom. The summed E-state index contributed by atoms with van der Waals surface area (Å²) < 4.78 is 39.6. The van der Waals surface area contributed by atoms with Gasteiger partial charge in [0.15, 0.2) is 5.75 Å². The van der Waals surface area contributed by atoms with E-state index in [-0.39, 0.29) is 17.9 Å². The minimum Gasteiger partial charge on any atom is -0.494 e. The van der Waals surface area contributed by atoms with Crippen molar-refractivity contribution < 1.29 is 23.0 Å². The SMILES string of the molecule is COc1c(N2CCOCC2)cc(C(=O)N[C@H](C)c2cccc3c2CCC3(F)F)c2n[nH]cc12. The van der Waals surface area contributed by atoms with Gasteiger partial charge >= 0.3 is 0 Å². The average molecular weight is 456 g/mol. The number of rotatable bonds is 5. The summed E-state index contributed by atoms with van der Waals surface area (Å²) in [6.07, 6.45) is 1.81. The highest BCUT2D eigenvalue weighted by atomic mass is 19.3. The zero-order valence-corrected chi connectivity index (χ0v) is 18.6. The lowest BCUT2D eigenvalue weighted by Crippen LogP contribution is -2.36. The van der Waals surface area contributed by atoms with Gasteiger partial charge in [0, 0.05) is 31.3 Å². The van der Waals surface area contributed by atoms with E-state index >= 15 is 0 Å². The number of halogens is 2. The second-order valence-electron chi connectivity index (χ2n) is 8.50. The molecule has 9 heteroatoms. The van der Waals surface area contributed by atoms with Gasteiger partial charge in [-0.15, -0.1) is 0 Å². The molecule has 0 radical (unpaired) electrons. The molecule has 3 aromatic rings. The van der Waals surface area contributed by atoms with E-state index in [0.29, 0.717) is 60.5 Å². The smallest absolute Gasteiger partial charge is 0.273 e. The number of nitrogens with zero attached hydrogens (tertiary/aromatic N) is 2. The number of carbonyl (C=O) groups is 1. The molecule has 1 saturated heterocycles. The molecule has 1 aromatic heterocycles. The van der Waals surface area contributed by atoms with Crippen molar-refractivity contribution in [3.63, 3.8) is 0 Å². The molecule has 1 atom stereocenters. The molecule has 0 saturated carbocycles. The minimum atomic E-state index is -2.82. The molecule has 33 heavy (non-hydrogen) atoms. The third kappa shape index (κ3) is 3.70. The highest BCUT2D eigenvalue weighted by Gasteiger charge is 2.40. The van der Waals surface area contributed by atoms with Crippen molar-refractivity contribution in [2.24, 2.45) is 0 Å². The first-order chi connectivity index (χ1) is 15.9. The van der Waals surface area contributed by atoms with Gasteiger partial charge < -0.3 is 19.7 Å². The molecule has 5 rings (SSSR count). The Morgan fingerprint density at radius 3 is 2.88 bits per heavy atom. The molecule has 7 nitrogen and oxygen atoms in total. The van der Waals surface area contributed by atoms with Gasteiger partial charge in [0.2, 0.25) is 0 Å². The van der Waals surface area contributed by atoms with E-state index in [1.165, 1.54) is 6.07 Å². The van der Waals surface area contributed by atoms with Crippen LogP contribution in [0.1, 0.15) is 46.4 Å². The second kappa shape index (κ2) is 8.30. The molecule has 2 N–H and O–H groups in total. The van der Waals surface area contributed by atoms with Crippen molar-refractivity contribution in [2.75, 3.05) is 38.3 Å². The van der Waals surface area contributed by atoms with E-state index in [1.54, 1.807) is 25.4 Å². The van der Waals surface area contributed by atoms with E-state index in [2.05, 4.69) is 20.4 Å². The first kappa shape index (κ1) is 21.6. The van der Waals surface area contributed by atoms with Crippen LogP contribution in [-0.4, -0.2) is 49.5 Å². The third-order valence-corrected chi connectivity index (χ3v) is 6.56. The zero-order valence-electron chi connectivity index (χ0n) is 18.6. The van der Waals surface area contributed by atoms with Crippen molar-refractivity contribution in [2.45, 2.75) is 31.7 Å². The summed E-state index contributed by atoms with van der Waals surface area (Å²) in [5.74, 6) is -2.49. The van der Waals surface area contributed by atoms with Gasteiger partial charge in [-0.05, 0) is 30.5 Å². The van der Waals surface area contributed by atoms with Crippen LogP contribution in [0.5, 0.6) is 5.75 Å². The number of H-pyrrole nitrogens is 1. The molecule has 174 valence electrons. The molecule has 0 unspecified atom stereocenters. The van der Waals surface area contributed by atoms with E-state index in [0.717, 1.165) is 11.3 Å². The van der Waals surface area contributed by atoms with Gasteiger partial charge in [-0.25, -0.2) is 8.78 Å². The van der Waals surface area contributed by atoms with Crippen LogP contribution in [-0.2, 0) is 17.1 Å². The molecular formula is C24H26F2N4O3. The number of hydrogen-bond acceptors (Lipinski definition) is 5. The number of anilines is 1. The Balaban J connectivity index is 1.49. The molecule has 1 fully saturated rings. The van der Waals surface area contributed by atoms with Gasteiger partial charge in [0.25, 0.3) is 11.8 Å². The van der Waals surface area contributed by atoms with Gasteiger partial charge in [0.1, 0.15) is 5.52 Å². The number of methoxy groups -OCH3 is 1. The number of benzene rings is 2. The van der Waals surface area contributed by atoms with Crippen LogP contribution in [0.2, 0.25) is 0 Å². The number of aromatic nitrogens is 2. The van der Waals surface area contributed by atoms with Gasteiger partial charge in [-0.1, -0.05) is 18.2 Å². The van der Waals surface area contributed by atoms with Crippen molar-refractivity contribution in [1.82, 2.24) is 15.5 Å². The number of morpholine rings is 1. The van der Waals surface area contributed by atoms with Crippen LogP contribution >= 0.6 is 0 Å². The largest absolute Gasteiger partial charge is 0.494 e. The predicted octanol–water partition coefficient (Wildman–Crippen LogP) is 3.94. The maximum Gasteiger partial charge on any atom is 0.273 e. The monoisotopic (exact) mass is 456 g/mol. The fraction of sp³-hybridized carbons (Fsp3) is 0.417. The molecular weight excluding hydrogens is 430 g/mol. The predicted molar refractivity (Wildman–Crippen MR) is 120 cm³/mol. The average Bonchev–Trinajstić information content (AvgIpc) is 3.43. The summed E-state index contributed by atoms with van der Waals surface area (Å²) >= 11 is 0. The van der Waals surface area contributed by atoms with Crippen molar-refractivity contribution in [3.05, 3.63) is 52.7 Å². The van der Waals surface area contributed by atoms with E-state index < -0.39 is 12.0 Å². The number of ether oxygens (including phenoxy) is 2. The maximum absolute atomic E-state index is 14.2. The van der Waals surface area contributed by atoms with Gasteiger partial charge in [-0.2, -0.15) is 5.10 Å². The summed E-state index contributed by atoms with van der Waals surface area (Å²) in [6.45, 7) is 4.37. The van der Waals surface area contributed by atoms with Crippen LogP contribution in [0.25, 0.3) is 10.9 Å². The molecule has 0 spiro atoms. The quantitative estimate of drug-likeness (QED) is 0.608. The number of carbonyl (C=O) groups excluding carboxylic acids is 1. The van der Waals surface area contributed by atoms with Crippen molar-refractivity contribution >= 4 is 22.5 Å². The summed E-state index contributed by atoms with van der Waals surface area (Å²) in [5, 5.41) is 10.8. The van der Waals surface area contributed by atoms with Crippen molar-refractivity contribution in [3.8, 4) is 5.75 Å². The number of fused-ring (bicyclic) bond motifs is 2. The number of amides is 1. The Kier molecular flexibility index (Phi) is 5.44. The van der Waals surface area contributed by atoms with Crippen LogP contribution in [0.15, 0.2) is 30.5 Å². The Labute approximate surface area is 190 Å². The first-order valence-corrected chi connectivity index (χ1v) is 11.1. The Morgan fingerprint density at radius 1 is 1.33 bits per heavy atom. The first-order valence-electron chi connectivity index (χ1n) is 11.1. The number of aromatic amines is 1. The van der Waals surface area contributed by atoms with Crippen LogP contribution in [0.4, 0.5) is 14.5 Å². The van der Waals surface area contributed by atoms with Crippen LogP contribution in [0, 0.1) is 0 Å². The lowest BCUT2D eigenvalue weighted by atomic mass is 9.97. The standard InChI is InChI=1S/C24H26F2N4O3/c1-14(15-4-3-5-19-16(15)6-7-24(19,25)26)28-23(31)17-12-20(30-8-10-33-11-9-30)22(32-2)18-13-27-29-21(17)18/h3-5,12-14H,6-11H2,1-2H3,(H,27,29)(H,28,31)/t14-/m1/s1. The molecule has 1 aliphatic heterocycles. The lowest BCUT2D eigenvalue weighted by molar-refractivity contribution is -0.00185. The third-order valence-electron chi connectivity index (χ3n) is 6.56. The summed E-state index contributed by atoms with van der Waals surface area (Å²) in [6, 6.07) is 6.27. The minimum absolute atomic E-state index is 0.0647. The Hall–Kier alpha value is -3.20. The molecule has 1 amide bonds. The summed E-state index contributed by atoms with van der Waals surface area (Å²) in [4.78, 5) is 15.5. The molecule has 2 aliphatic rings. The molecule has 1 aliphatic carbocycles. The van der Waals surface area contributed by atoms with E-state index in [9.17, 15) is 13.6 Å². The molecule has 2 heterocycles. The zero-order chi connectivity index (χ0) is 23.2. The molecule has 0 bridgehead atoms. The van der Waals surface area contributed by atoms with Crippen LogP contribution < -0.4 is 15.0 Å². The highest BCUT2D eigenvalue weighted by Crippen LogP contribution is 2.44. The molecule has 2 aromatic carbocycles. The maximum atomic E-state index is 14.2. The topological polar surface area (TPSA) is 79.5 Å². The number of alkyl halides is 2. The normalized spacial score (nSPS) is 18.2. The Bertz CT molecular complexity index is 1200. The second-order valence-corrected chi connectivity index (χ2v) is 8.50. The van der Waals surface area contributed by atoms with Gasteiger partial charge in [-0.3, -0.25) is 9.89 Å². The lowest BCUT2D eigenvalue weighted by Gasteiger charge is -2.30. The van der Waals surface area contributed by atoms with E-state index in [4.69, 9.17) is 9.47 Å². The highest BCUT2D eigenvalue weighted by molar-refractivity contribution is 6.09. The summed E-state index contributed by atoms with van der Waals surface area (Å²) in [5.41, 5.74) is 3.11. The number of hydrogen-bond donors (Lipinski definition) is 2. The van der Waals surface area contributed by atoms with Crippen LogP contribution in [0.3, 0.4) is 0 Å². The summed E-state index contributed by atoms with van der Waals surface area (Å²) in [7, 11) is 1.60. The van der Waals surface area contributed by atoms with E-state index in [1.807, 2.05) is 13.0 Å². The fourth-order valence-corrected chi connectivity index (χ4v) is 4.90. The number of nitrogens with one attached hydrogen (secondary N) is 2.